The van der Waals surface area contributed by atoms with Gasteiger partial charge in [0.2, 0.25) is 0 Å². The number of carbonyl (C=O) groups is 2. The summed E-state index contributed by atoms with van der Waals surface area (Å²) in [6, 6.07) is 17.1. The number of rotatable bonds is 5. The molecule has 4 rings (SSSR count). The molecule has 3 aromatic rings. The number of piperidine rings is 1. The number of likely N-dealkylation sites (tertiary alicyclic amines) is 1. The predicted molar refractivity (Wildman–Crippen MR) is 132 cm³/mol. The van der Waals surface area contributed by atoms with Crippen molar-refractivity contribution in [2.24, 2.45) is 5.73 Å². The van der Waals surface area contributed by atoms with Crippen LogP contribution in [-0.4, -0.2) is 40.6 Å². The van der Waals surface area contributed by atoms with Crippen LogP contribution in [-0.2, 0) is 4.74 Å². The van der Waals surface area contributed by atoms with Crippen molar-refractivity contribution in [2.45, 2.75) is 45.1 Å². The third kappa shape index (κ3) is 5.75. The summed E-state index contributed by atoms with van der Waals surface area (Å²) in [5.74, 6) is 0.904. The molecule has 0 bridgehead atoms. The first-order chi connectivity index (χ1) is 16.2. The molecule has 1 aliphatic rings. The maximum Gasteiger partial charge on any atom is 0.410 e. The van der Waals surface area contributed by atoms with Crippen LogP contribution in [0.15, 0.2) is 54.6 Å². The largest absolute Gasteiger partial charge is 0.457 e. The van der Waals surface area contributed by atoms with Gasteiger partial charge in [-0.25, -0.2) is 9.78 Å². The van der Waals surface area contributed by atoms with E-state index in [1.807, 2.05) is 75.4 Å². The molecule has 7 nitrogen and oxygen atoms in total. The quantitative estimate of drug-likeness (QED) is 0.498. The van der Waals surface area contributed by atoms with E-state index in [1.54, 1.807) is 4.90 Å². The number of hydrogen-bond donors (Lipinski definition) is 1. The third-order valence-electron chi connectivity index (χ3n) is 5.39. The minimum Gasteiger partial charge on any atom is -0.457 e. The summed E-state index contributed by atoms with van der Waals surface area (Å²) in [4.78, 5) is 31.8. The molecule has 1 aliphatic heterocycles. The number of thiazole rings is 1. The number of para-hydroxylation sites is 1. The smallest absolute Gasteiger partial charge is 0.410 e. The third-order valence-corrected chi connectivity index (χ3v) is 6.66. The summed E-state index contributed by atoms with van der Waals surface area (Å²) in [6.07, 6.45) is 1.41. The van der Waals surface area contributed by atoms with Crippen LogP contribution in [0.4, 0.5) is 4.79 Å². The molecule has 34 heavy (non-hydrogen) atoms. The standard InChI is InChI=1S/C26H29N3O4S/c1-26(2,3)33-25(31)29-15-7-8-18(16-29)24-28-21(23(27)30)22(34-24)17-11-13-20(14-12-17)32-19-9-5-4-6-10-19/h4-6,9-14,18H,7-8,15-16H2,1-3H3,(H2,27,30). The van der Waals surface area contributed by atoms with Crippen LogP contribution in [0.3, 0.4) is 0 Å². The van der Waals surface area contributed by atoms with Gasteiger partial charge in [-0.05, 0) is 75.6 Å². The number of amides is 2. The normalized spacial score (nSPS) is 16.2. The van der Waals surface area contributed by atoms with E-state index in [4.69, 9.17) is 15.2 Å². The molecular formula is C26H29N3O4S. The lowest BCUT2D eigenvalue weighted by atomic mass is 9.99. The number of nitrogens with zero attached hydrogens (tertiary/aromatic N) is 2. The van der Waals surface area contributed by atoms with Gasteiger partial charge >= 0.3 is 6.09 Å². The average molecular weight is 480 g/mol. The molecule has 0 saturated carbocycles. The molecule has 2 amide bonds. The molecule has 1 unspecified atom stereocenters. The first-order valence-electron chi connectivity index (χ1n) is 11.3. The van der Waals surface area contributed by atoms with E-state index in [0.29, 0.717) is 18.8 Å². The van der Waals surface area contributed by atoms with Gasteiger partial charge in [-0.15, -0.1) is 11.3 Å². The van der Waals surface area contributed by atoms with E-state index in [2.05, 4.69) is 4.98 Å². The summed E-state index contributed by atoms with van der Waals surface area (Å²) in [5, 5.41) is 0.807. The predicted octanol–water partition coefficient (Wildman–Crippen LogP) is 5.82. The molecule has 1 aromatic heterocycles. The van der Waals surface area contributed by atoms with E-state index in [1.165, 1.54) is 11.3 Å². The lowest BCUT2D eigenvalue weighted by Crippen LogP contribution is -2.42. The van der Waals surface area contributed by atoms with Gasteiger partial charge in [0.05, 0.1) is 9.88 Å². The zero-order valence-electron chi connectivity index (χ0n) is 19.6. The molecule has 0 aliphatic carbocycles. The highest BCUT2D eigenvalue weighted by molar-refractivity contribution is 7.15. The highest BCUT2D eigenvalue weighted by Gasteiger charge is 2.31. The van der Waals surface area contributed by atoms with Gasteiger partial charge in [0.1, 0.15) is 22.8 Å². The topological polar surface area (TPSA) is 94.8 Å². The molecule has 2 N–H and O–H groups in total. The van der Waals surface area contributed by atoms with Crippen molar-refractivity contribution in [3.63, 3.8) is 0 Å². The van der Waals surface area contributed by atoms with Gasteiger partial charge in [-0.2, -0.15) is 0 Å². The van der Waals surface area contributed by atoms with E-state index in [9.17, 15) is 9.59 Å². The second-order valence-electron chi connectivity index (χ2n) is 9.30. The van der Waals surface area contributed by atoms with E-state index < -0.39 is 11.5 Å². The number of ether oxygens (including phenoxy) is 2. The van der Waals surface area contributed by atoms with Crippen molar-refractivity contribution < 1.29 is 19.1 Å². The number of nitrogens with two attached hydrogens (primary N) is 1. The van der Waals surface area contributed by atoms with Gasteiger partial charge in [-0.1, -0.05) is 18.2 Å². The molecule has 2 aromatic carbocycles. The Morgan fingerprint density at radius 3 is 2.38 bits per heavy atom. The first kappa shape index (κ1) is 23.8. The number of carbonyl (C=O) groups excluding carboxylic acids is 2. The zero-order chi connectivity index (χ0) is 24.3. The molecular weight excluding hydrogens is 450 g/mol. The summed E-state index contributed by atoms with van der Waals surface area (Å²) < 4.78 is 11.4. The van der Waals surface area contributed by atoms with Gasteiger partial charge in [-0.3, -0.25) is 4.79 Å². The molecule has 1 fully saturated rings. The van der Waals surface area contributed by atoms with Crippen LogP contribution in [0, 0.1) is 0 Å². The zero-order valence-corrected chi connectivity index (χ0v) is 20.4. The van der Waals surface area contributed by atoms with Crippen LogP contribution in [0.25, 0.3) is 10.4 Å². The molecule has 1 saturated heterocycles. The second kappa shape index (κ2) is 9.85. The van der Waals surface area contributed by atoms with Gasteiger partial charge in [0.15, 0.2) is 0 Å². The minimum absolute atomic E-state index is 0.0267. The summed E-state index contributed by atoms with van der Waals surface area (Å²) >= 11 is 1.45. The minimum atomic E-state index is -0.568. The fourth-order valence-corrected chi connectivity index (χ4v) is 5.05. The van der Waals surface area contributed by atoms with Crippen molar-refractivity contribution >= 4 is 23.3 Å². The Kier molecular flexibility index (Phi) is 6.88. The fourth-order valence-electron chi connectivity index (χ4n) is 3.84. The molecule has 0 radical (unpaired) electrons. The maximum absolute atomic E-state index is 12.6. The lowest BCUT2D eigenvalue weighted by Gasteiger charge is -2.33. The van der Waals surface area contributed by atoms with E-state index in [0.717, 1.165) is 34.0 Å². The Hall–Kier alpha value is -3.39. The highest BCUT2D eigenvalue weighted by Crippen LogP contribution is 2.38. The van der Waals surface area contributed by atoms with E-state index in [-0.39, 0.29) is 17.7 Å². The number of hydrogen-bond acceptors (Lipinski definition) is 6. The molecule has 1 atom stereocenters. The summed E-state index contributed by atoms with van der Waals surface area (Å²) in [5.41, 5.74) is 6.22. The molecule has 0 spiro atoms. The molecule has 2 heterocycles. The van der Waals surface area contributed by atoms with Crippen molar-refractivity contribution in [1.82, 2.24) is 9.88 Å². The molecule has 8 heteroatoms. The summed E-state index contributed by atoms with van der Waals surface area (Å²) in [6.45, 7) is 6.72. The number of primary amides is 1. The van der Waals surface area contributed by atoms with Crippen molar-refractivity contribution in [3.05, 3.63) is 65.3 Å². The summed E-state index contributed by atoms with van der Waals surface area (Å²) in [7, 11) is 0. The fraction of sp³-hybridized carbons (Fsp3) is 0.346. The van der Waals surface area contributed by atoms with Gasteiger partial charge in [0, 0.05) is 19.0 Å². The Balaban J connectivity index is 1.54. The SMILES string of the molecule is CC(C)(C)OC(=O)N1CCCC(c2nc(C(N)=O)c(-c3ccc(Oc4ccccc4)cc3)s2)C1. The Morgan fingerprint density at radius 1 is 1.06 bits per heavy atom. The van der Waals surface area contributed by atoms with Crippen LogP contribution < -0.4 is 10.5 Å². The van der Waals surface area contributed by atoms with Gasteiger partial charge < -0.3 is 20.1 Å². The number of benzene rings is 2. The Bertz CT molecular complexity index is 1150. The number of aromatic nitrogens is 1. The maximum atomic E-state index is 12.6. The van der Waals surface area contributed by atoms with E-state index >= 15 is 0 Å². The van der Waals surface area contributed by atoms with Crippen molar-refractivity contribution in [2.75, 3.05) is 13.1 Å². The average Bonchev–Trinajstić information content (AvgIpc) is 3.25. The highest BCUT2D eigenvalue weighted by atomic mass is 32.1. The Labute approximate surface area is 203 Å². The first-order valence-corrected chi connectivity index (χ1v) is 12.1. The Morgan fingerprint density at radius 2 is 1.74 bits per heavy atom. The second-order valence-corrected chi connectivity index (χ2v) is 10.3. The van der Waals surface area contributed by atoms with Crippen LogP contribution >= 0.6 is 11.3 Å². The molecule has 178 valence electrons. The lowest BCUT2D eigenvalue weighted by molar-refractivity contribution is 0.0198. The van der Waals surface area contributed by atoms with Crippen molar-refractivity contribution in [1.29, 1.82) is 0 Å². The van der Waals surface area contributed by atoms with Crippen LogP contribution in [0.1, 0.15) is 55.0 Å². The monoisotopic (exact) mass is 479 g/mol. The van der Waals surface area contributed by atoms with Crippen molar-refractivity contribution in [3.8, 4) is 21.9 Å². The van der Waals surface area contributed by atoms with Crippen LogP contribution in [0.5, 0.6) is 11.5 Å². The van der Waals surface area contributed by atoms with Crippen LogP contribution in [0.2, 0.25) is 0 Å². The van der Waals surface area contributed by atoms with Gasteiger partial charge in [0.25, 0.3) is 5.91 Å².